The van der Waals surface area contributed by atoms with Crippen molar-refractivity contribution in [2.75, 3.05) is 0 Å². The van der Waals surface area contributed by atoms with E-state index in [0.717, 1.165) is 18.2 Å². The van der Waals surface area contributed by atoms with E-state index >= 15 is 0 Å². The van der Waals surface area contributed by atoms with Gasteiger partial charge in [0, 0.05) is 11.6 Å². The summed E-state index contributed by atoms with van der Waals surface area (Å²) in [4.78, 5) is 10.4. The van der Waals surface area contributed by atoms with Crippen LogP contribution < -0.4 is 10.0 Å². The van der Waals surface area contributed by atoms with Crippen molar-refractivity contribution in [2.24, 2.45) is 0 Å². The second-order valence-corrected chi connectivity index (χ2v) is 7.63. The van der Waals surface area contributed by atoms with Crippen molar-refractivity contribution in [3.63, 3.8) is 0 Å². The lowest BCUT2D eigenvalue weighted by atomic mass is 10.1. The van der Waals surface area contributed by atoms with Crippen LogP contribution in [-0.2, 0) is 17.2 Å². The zero-order valence-electron chi connectivity index (χ0n) is 13.1. The number of hydrogen-bond acceptors (Lipinski definition) is 4. The van der Waals surface area contributed by atoms with E-state index < -0.39 is 29.5 Å². The summed E-state index contributed by atoms with van der Waals surface area (Å²) in [5.41, 5.74) is -0.969. The van der Waals surface area contributed by atoms with E-state index in [1.165, 1.54) is 6.07 Å². The van der Waals surface area contributed by atoms with E-state index in [9.17, 15) is 27.9 Å². The largest absolute Gasteiger partial charge is 0.455 e. The minimum absolute atomic E-state index is 0.0776. The number of nitro benzene ring substituents is 1. The van der Waals surface area contributed by atoms with Gasteiger partial charge in [-0.15, -0.1) is 0 Å². The summed E-state index contributed by atoms with van der Waals surface area (Å²) in [5, 5.41) is 10.6. The Hall–Kier alpha value is -1.76. The molecule has 0 saturated heterocycles. The number of nitrogens with zero attached hydrogens (tertiary/aromatic N) is 1. The highest BCUT2D eigenvalue weighted by Gasteiger charge is 2.31. The van der Waals surface area contributed by atoms with Gasteiger partial charge in [0.15, 0.2) is 7.15 Å². The Morgan fingerprint density at radius 1 is 1.23 bits per heavy atom. The van der Waals surface area contributed by atoms with Gasteiger partial charge in [0.1, 0.15) is 16.8 Å². The fourth-order valence-electron chi connectivity index (χ4n) is 2.17. The third-order valence-electron chi connectivity index (χ3n) is 3.45. The second kappa shape index (κ2) is 7.86. The summed E-state index contributed by atoms with van der Waals surface area (Å²) in [6.07, 6.45) is -4.24. The Bertz CT molecular complexity index is 890. The molecule has 0 saturated carbocycles. The smallest absolute Gasteiger partial charge is 0.416 e. The van der Waals surface area contributed by atoms with Gasteiger partial charge in [-0.3, -0.25) is 10.1 Å². The van der Waals surface area contributed by atoms with E-state index in [0.29, 0.717) is 18.1 Å². The molecule has 2 aromatic rings. The SMILES string of the molecule is CCc1cc([N+](=O)[O-])c([PH](=O)Cl)cc1Oc1ccc(C(F)(F)F)cc1Cl. The van der Waals surface area contributed by atoms with Crippen molar-refractivity contribution in [1.29, 1.82) is 0 Å². The van der Waals surface area contributed by atoms with Crippen molar-refractivity contribution in [2.45, 2.75) is 19.5 Å². The molecular formula is C15H11Cl2F3NO4P. The first-order valence-electron chi connectivity index (χ1n) is 7.10. The maximum Gasteiger partial charge on any atom is 0.416 e. The first-order chi connectivity index (χ1) is 12.0. The van der Waals surface area contributed by atoms with Crippen molar-refractivity contribution in [3.8, 4) is 11.5 Å². The molecule has 26 heavy (non-hydrogen) atoms. The lowest BCUT2D eigenvalue weighted by Crippen LogP contribution is -2.07. The molecule has 1 unspecified atom stereocenters. The van der Waals surface area contributed by atoms with Gasteiger partial charge >= 0.3 is 6.18 Å². The molecule has 0 aliphatic heterocycles. The predicted octanol–water partition coefficient (Wildman–Crippen LogP) is 5.96. The molecule has 0 amide bonds. The molecule has 0 aromatic heterocycles. The molecule has 0 radical (unpaired) electrons. The van der Waals surface area contributed by atoms with Crippen molar-refractivity contribution in [1.82, 2.24) is 0 Å². The topological polar surface area (TPSA) is 69.4 Å². The molecule has 11 heteroatoms. The first kappa shape index (κ1) is 20.6. The molecule has 0 heterocycles. The number of ether oxygens (including phenoxy) is 1. The Morgan fingerprint density at radius 2 is 1.88 bits per heavy atom. The number of alkyl halides is 3. The summed E-state index contributed by atoms with van der Waals surface area (Å²) in [7, 11) is -2.94. The summed E-state index contributed by atoms with van der Waals surface area (Å²) >= 11 is 11.4. The molecule has 2 rings (SSSR count). The zero-order valence-corrected chi connectivity index (χ0v) is 15.6. The van der Waals surface area contributed by atoms with Crippen LogP contribution >= 0.6 is 30.0 Å². The lowest BCUT2D eigenvalue weighted by molar-refractivity contribution is -0.383. The Kier molecular flexibility index (Phi) is 6.21. The average Bonchev–Trinajstić information content (AvgIpc) is 2.54. The van der Waals surface area contributed by atoms with Crippen LogP contribution in [0.25, 0.3) is 0 Å². The van der Waals surface area contributed by atoms with E-state index in [4.69, 9.17) is 27.6 Å². The third-order valence-corrected chi connectivity index (χ3v) is 5.18. The van der Waals surface area contributed by atoms with Crippen LogP contribution in [0.15, 0.2) is 30.3 Å². The third kappa shape index (κ3) is 4.50. The van der Waals surface area contributed by atoms with E-state index in [-0.39, 0.29) is 21.8 Å². The molecule has 0 spiro atoms. The Labute approximate surface area is 156 Å². The van der Waals surface area contributed by atoms with Crippen LogP contribution in [0.5, 0.6) is 11.5 Å². The minimum Gasteiger partial charge on any atom is -0.455 e. The van der Waals surface area contributed by atoms with Crippen molar-refractivity contribution < 1.29 is 27.4 Å². The molecule has 1 atom stereocenters. The fraction of sp³-hybridized carbons (Fsp3) is 0.200. The summed E-state index contributed by atoms with van der Waals surface area (Å²) in [6.45, 7) is 1.70. The molecule has 0 aliphatic rings. The highest BCUT2D eigenvalue weighted by Crippen LogP contribution is 2.39. The number of benzene rings is 2. The van der Waals surface area contributed by atoms with Crippen molar-refractivity contribution >= 4 is 41.0 Å². The Morgan fingerprint density at radius 3 is 2.35 bits per heavy atom. The van der Waals surface area contributed by atoms with Gasteiger partial charge < -0.3 is 9.30 Å². The van der Waals surface area contributed by atoms with Gasteiger partial charge in [-0.1, -0.05) is 29.8 Å². The standard InChI is InChI=1S/C15H11Cl2F3NO4P/c1-2-8-5-11(21(22)23)14(26(17)24)7-13(8)25-12-4-3-9(6-10(12)16)15(18,19)20/h3-7,26H,2H2,1H3. The first-order valence-corrected chi connectivity index (χ1v) is 9.90. The number of aryl methyl sites for hydroxylation is 1. The maximum atomic E-state index is 12.7. The highest BCUT2D eigenvalue weighted by atomic mass is 35.7. The number of halogens is 5. The van der Waals surface area contributed by atoms with Crippen LogP contribution in [0.4, 0.5) is 18.9 Å². The average molecular weight is 428 g/mol. The maximum absolute atomic E-state index is 12.7. The molecular weight excluding hydrogens is 417 g/mol. The number of hydrogen-bond donors (Lipinski definition) is 0. The van der Waals surface area contributed by atoms with E-state index in [1.807, 2.05) is 0 Å². The van der Waals surface area contributed by atoms with Crippen molar-refractivity contribution in [3.05, 3.63) is 56.6 Å². The Balaban J connectivity index is 2.51. The second-order valence-electron chi connectivity index (χ2n) is 5.11. The van der Waals surface area contributed by atoms with E-state index in [1.54, 1.807) is 6.92 Å². The van der Waals surface area contributed by atoms with Gasteiger partial charge in [-0.25, -0.2) is 0 Å². The number of nitro groups is 1. The molecule has 0 fully saturated rings. The van der Waals surface area contributed by atoms with Crippen LogP contribution in [0.2, 0.25) is 5.02 Å². The summed E-state index contributed by atoms with van der Waals surface area (Å²) in [6, 6.07) is 4.87. The fourth-order valence-corrected chi connectivity index (χ4v) is 3.45. The minimum atomic E-state index is -4.56. The number of rotatable bonds is 5. The van der Waals surface area contributed by atoms with Crippen LogP contribution in [-0.4, -0.2) is 4.92 Å². The molecule has 0 N–H and O–H groups in total. The normalized spacial score (nSPS) is 12.7. The van der Waals surface area contributed by atoms with Gasteiger partial charge in [0.2, 0.25) is 0 Å². The molecule has 0 aliphatic carbocycles. The van der Waals surface area contributed by atoms with Crippen LogP contribution in [0.1, 0.15) is 18.1 Å². The lowest BCUT2D eigenvalue weighted by Gasteiger charge is -2.14. The zero-order chi connectivity index (χ0) is 19.6. The predicted molar refractivity (Wildman–Crippen MR) is 93.5 cm³/mol. The summed E-state index contributed by atoms with van der Waals surface area (Å²) < 4.78 is 55.3. The molecule has 2 aromatic carbocycles. The van der Waals surface area contributed by atoms with Gasteiger partial charge in [-0.2, -0.15) is 13.2 Å². The highest BCUT2D eigenvalue weighted by molar-refractivity contribution is 7.80. The van der Waals surface area contributed by atoms with Gasteiger partial charge in [-0.05, 0) is 30.7 Å². The quantitative estimate of drug-likeness (QED) is 0.335. The van der Waals surface area contributed by atoms with E-state index in [2.05, 4.69) is 0 Å². The molecule has 0 bridgehead atoms. The van der Waals surface area contributed by atoms with Crippen LogP contribution in [0, 0.1) is 10.1 Å². The van der Waals surface area contributed by atoms with Crippen LogP contribution in [0.3, 0.4) is 0 Å². The molecule has 140 valence electrons. The monoisotopic (exact) mass is 427 g/mol. The summed E-state index contributed by atoms with van der Waals surface area (Å²) in [5.74, 6) is -0.00262. The molecule has 5 nitrogen and oxygen atoms in total. The van der Waals surface area contributed by atoms with Gasteiger partial charge in [0.05, 0.1) is 15.5 Å². The van der Waals surface area contributed by atoms with Gasteiger partial charge in [0.25, 0.3) is 5.69 Å².